The van der Waals surface area contributed by atoms with E-state index < -0.39 is 83.1 Å². The largest absolute Gasteiger partial charge is 0.478 e. The fourth-order valence-corrected chi connectivity index (χ4v) is 2.56. The SMILES string of the molecule is O=C(O)c1ccc(CNC(=O)C(F)(F)C(F)(F)C(F)(F)C(F)(F)C(F)(F)C(F)(F)C(F)(F)C(F)(F)C(F)(F)F)cc1. The van der Waals surface area contributed by atoms with Crippen molar-refractivity contribution in [2.45, 2.75) is 60.1 Å². The second kappa shape index (κ2) is 9.98. The van der Waals surface area contributed by atoms with E-state index >= 15 is 0 Å². The Kier molecular flexibility index (Phi) is 8.73. The Morgan fingerprint density at radius 3 is 1.17 bits per heavy atom. The van der Waals surface area contributed by atoms with E-state index in [2.05, 4.69) is 0 Å². The maximum absolute atomic E-state index is 13.9. The predicted octanol–water partition coefficient (Wildman–Crippen LogP) is 6.65. The summed E-state index contributed by atoms with van der Waals surface area (Å²) >= 11 is 0. The van der Waals surface area contributed by atoms with Gasteiger partial charge in [-0.1, -0.05) is 12.1 Å². The zero-order valence-corrected chi connectivity index (χ0v) is 18.5. The molecule has 0 aromatic heterocycles. The molecule has 0 saturated heterocycles. The number of halogens is 19. The zero-order chi connectivity index (χ0) is 33.1. The first-order chi connectivity index (χ1) is 17.8. The summed E-state index contributed by atoms with van der Waals surface area (Å²) in [5, 5.41) is 9.32. The van der Waals surface area contributed by atoms with Crippen molar-refractivity contribution in [3.63, 3.8) is 0 Å². The molecule has 0 aliphatic carbocycles. The molecular formula is C18H8F19NO3. The highest BCUT2D eigenvalue weighted by Gasteiger charge is 2.97. The van der Waals surface area contributed by atoms with E-state index in [1.165, 1.54) is 0 Å². The fraction of sp³-hybridized carbons (Fsp3) is 0.556. The van der Waals surface area contributed by atoms with Crippen molar-refractivity contribution in [2.75, 3.05) is 0 Å². The van der Waals surface area contributed by atoms with Crippen LogP contribution in [0.1, 0.15) is 15.9 Å². The highest BCUT2D eigenvalue weighted by molar-refractivity contribution is 5.87. The van der Waals surface area contributed by atoms with Crippen LogP contribution in [0, 0.1) is 0 Å². The quantitative estimate of drug-likeness (QED) is 0.265. The van der Waals surface area contributed by atoms with E-state index in [4.69, 9.17) is 5.11 Å². The standard InChI is InChI=1S/C18H8F19NO3/c19-10(20,9(41)38-5-6-1-3-7(4-2-6)8(39)40)11(21,22)12(23,24)13(25,26)14(27,28)15(29,30)16(31,32)17(33,34)18(35,36)37/h1-4H,5H2,(H,38,41)(H,39,40). The van der Waals surface area contributed by atoms with E-state index in [-0.39, 0.29) is 0 Å². The Balaban J connectivity index is 3.50. The number of alkyl halides is 19. The van der Waals surface area contributed by atoms with E-state index in [1.807, 2.05) is 0 Å². The molecule has 0 aliphatic rings. The molecule has 0 radical (unpaired) electrons. The Labute approximate surface area is 212 Å². The Bertz CT molecular complexity index is 1140. The van der Waals surface area contributed by atoms with Crippen molar-refractivity contribution in [2.24, 2.45) is 0 Å². The van der Waals surface area contributed by atoms with Crippen LogP contribution in [0.3, 0.4) is 0 Å². The molecule has 0 saturated carbocycles. The molecule has 1 rings (SSSR count). The van der Waals surface area contributed by atoms with Crippen LogP contribution in [0.5, 0.6) is 0 Å². The lowest BCUT2D eigenvalue weighted by molar-refractivity contribution is -0.467. The van der Waals surface area contributed by atoms with Gasteiger partial charge in [0.15, 0.2) is 0 Å². The fourth-order valence-electron chi connectivity index (χ4n) is 2.56. The number of aromatic carboxylic acids is 1. The Morgan fingerprint density at radius 2 is 0.854 bits per heavy atom. The van der Waals surface area contributed by atoms with Gasteiger partial charge in [-0.2, -0.15) is 83.4 Å². The van der Waals surface area contributed by atoms with Gasteiger partial charge in [-0.25, -0.2) is 4.79 Å². The third-order valence-electron chi connectivity index (χ3n) is 5.06. The Hall–Kier alpha value is -3.17. The summed E-state index contributed by atoms with van der Waals surface area (Å²) in [5.41, 5.74) is -1.01. The number of rotatable bonds is 11. The van der Waals surface area contributed by atoms with E-state index in [0.717, 1.165) is 0 Å². The molecule has 0 fully saturated rings. The molecule has 2 N–H and O–H groups in total. The summed E-state index contributed by atoms with van der Waals surface area (Å²) in [6.45, 7) is -1.45. The van der Waals surface area contributed by atoms with Crippen LogP contribution in [0.2, 0.25) is 0 Å². The van der Waals surface area contributed by atoms with Crippen LogP contribution >= 0.6 is 0 Å². The summed E-state index contributed by atoms with van der Waals surface area (Å²) in [7, 11) is 0. The number of nitrogens with one attached hydrogen (secondary N) is 1. The number of carbonyl (C=O) groups excluding carboxylic acids is 1. The van der Waals surface area contributed by atoms with Gasteiger partial charge in [-0.05, 0) is 17.7 Å². The lowest BCUT2D eigenvalue weighted by Gasteiger charge is -2.43. The van der Waals surface area contributed by atoms with Crippen LogP contribution in [0.4, 0.5) is 83.4 Å². The van der Waals surface area contributed by atoms with Gasteiger partial charge in [0.2, 0.25) is 0 Å². The summed E-state index contributed by atoms with van der Waals surface area (Å²) in [4.78, 5) is 22.0. The first kappa shape index (κ1) is 35.9. The second-order valence-corrected chi connectivity index (χ2v) is 7.78. The smallest absolute Gasteiger partial charge is 0.460 e. The van der Waals surface area contributed by atoms with Crippen LogP contribution < -0.4 is 5.32 Å². The monoisotopic (exact) mass is 647 g/mol. The van der Waals surface area contributed by atoms with E-state index in [1.54, 1.807) is 0 Å². The first-order valence-electron chi connectivity index (χ1n) is 9.50. The number of carbonyl (C=O) groups is 2. The lowest BCUT2D eigenvalue weighted by atomic mass is 9.87. The molecule has 236 valence electrons. The van der Waals surface area contributed by atoms with Crippen LogP contribution in [-0.4, -0.2) is 70.5 Å². The number of benzene rings is 1. The molecule has 0 unspecified atom stereocenters. The molecule has 0 bridgehead atoms. The third-order valence-corrected chi connectivity index (χ3v) is 5.06. The van der Waals surface area contributed by atoms with Crippen molar-refractivity contribution in [3.8, 4) is 0 Å². The average Bonchev–Trinajstić information content (AvgIpc) is 2.80. The topological polar surface area (TPSA) is 66.4 Å². The van der Waals surface area contributed by atoms with Gasteiger partial charge in [0.05, 0.1) is 5.56 Å². The molecule has 23 heteroatoms. The lowest BCUT2D eigenvalue weighted by Crippen LogP contribution is -2.76. The van der Waals surface area contributed by atoms with Gasteiger partial charge in [0, 0.05) is 6.54 Å². The van der Waals surface area contributed by atoms with Crippen molar-refractivity contribution in [3.05, 3.63) is 35.4 Å². The second-order valence-electron chi connectivity index (χ2n) is 7.78. The molecular weight excluding hydrogens is 639 g/mol. The number of carboxylic acid groups (broad SMARTS) is 1. The molecule has 41 heavy (non-hydrogen) atoms. The molecule has 0 heterocycles. The normalized spacial score (nSPS) is 15.1. The maximum atomic E-state index is 13.9. The first-order valence-corrected chi connectivity index (χ1v) is 9.50. The van der Waals surface area contributed by atoms with Crippen LogP contribution in [-0.2, 0) is 11.3 Å². The molecule has 0 atom stereocenters. The van der Waals surface area contributed by atoms with Crippen LogP contribution in [0.15, 0.2) is 24.3 Å². The Morgan fingerprint density at radius 1 is 0.537 bits per heavy atom. The van der Waals surface area contributed by atoms with E-state index in [0.29, 0.717) is 29.6 Å². The van der Waals surface area contributed by atoms with E-state index in [9.17, 15) is 93.0 Å². The average molecular weight is 647 g/mol. The number of amides is 1. The summed E-state index contributed by atoms with van der Waals surface area (Å²) in [6, 6.07) is 2.71. The van der Waals surface area contributed by atoms with Crippen molar-refractivity contribution < 1.29 is 98.1 Å². The minimum atomic E-state index is -9.08. The van der Waals surface area contributed by atoms with Crippen LogP contribution in [0.25, 0.3) is 0 Å². The molecule has 4 nitrogen and oxygen atoms in total. The predicted molar refractivity (Wildman–Crippen MR) is 90.9 cm³/mol. The third kappa shape index (κ3) is 5.07. The molecule has 1 aromatic rings. The van der Waals surface area contributed by atoms with Gasteiger partial charge >= 0.3 is 59.5 Å². The van der Waals surface area contributed by atoms with Gasteiger partial charge < -0.3 is 10.4 Å². The van der Waals surface area contributed by atoms with Gasteiger partial charge in [-0.15, -0.1) is 0 Å². The van der Waals surface area contributed by atoms with Gasteiger partial charge in [0.1, 0.15) is 0 Å². The summed E-state index contributed by atoms with van der Waals surface area (Å²) < 4.78 is 252. The highest BCUT2D eigenvalue weighted by Crippen LogP contribution is 2.65. The zero-order valence-electron chi connectivity index (χ0n) is 18.5. The summed E-state index contributed by atoms with van der Waals surface area (Å²) in [6.07, 6.45) is -7.98. The maximum Gasteiger partial charge on any atom is 0.460 e. The van der Waals surface area contributed by atoms with Gasteiger partial charge in [-0.3, -0.25) is 4.79 Å². The molecule has 1 aromatic carbocycles. The number of hydrogen-bond donors (Lipinski definition) is 2. The molecule has 0 spiro atoms. The van der Waals surface area contributed by atoms with Gasteiger partial charge in [0.25, 0.3) is 5.91 Å². The minimum Gasteiger partial charge on any atom is -0.478 e. The number of hydrogen-bond acceptors (Lipinski definition) is 2. The molecule has 1 amide bonds. The van der Waals surface area contributed by atoms with Crippen molar-refractivity contribution >= 4 is 11.9 Å². The summed E-state index contributed by atoms with van der Waals surface area (Å²) in [5.74, 6) is -74.0. The minimum absolute atomic E-state index is 0.501. The number of carboxylic acids is 1. The van der Waals surface area contributed by atoms with Crippen molar-refractivity contribution in [1.29, 1.82) is 0 Å². The highest BCUT2D eigenvalue weighted by atomic mass is 19.4. The molecule has 0 aliphatic heterocycles. The van der Waals surface area contributed by atoms with Crippen molar-refractivity contribution in [1.82, 2.24) is 5.32 Å².